The average molecular weight is 344 g/mol. The number of nitrogens with zero attached hydrogens (tertiary/aromatic N) is 5. The molecule has 0 amide bonds. The summed E-state index contributed by atoms with van der Waals surface area (Å²) in [6, 6.07) is 2.72. The zero-order valence-electron chi connectivity index (χ0n) is 15.2. The molecule has 0 spiro atoms. The van der Waals surface area contributed by atoms with Gasteiger partial charge >= 0.3 is 5.69 Å². The summed E-state index contributed by atoms with van der Waals surface area (Å²) >= 11 is 0. The van der Waals surface area contributed by atoms with Crippen LogP contribution in [0.3, 0.4) is 0 Å². The Bertz CT molecular complexity index is 780. The zero-order chi connectivity index (χ0) is 17.4. The molecule has 1 aliphatic heterocycles. The molecule has 7 nitrogen and oxygen atoms in total. The first-order chi connectivity index (χ1) is 12.1. The topological polar surface area (TPSA) is 69.7 Å². The van der Waals surface area contributed by atoms with Crippen molar-refractivity contribution in [3.63, 3.8) is 0 Å². The highest BCUT2D eigenvalue weighted by Crippen LogP contribution is 2.27. The van der Waals surface area contributed by atoms with E-state index in [1.54, 1.807) is 11.6 Å². The Labute approximate surface area is 148 Å². The summed E-state index contributed by atoms with van der Waals surface area (Å²) < 4.78 is 5.28. The molecule has 0 unspecified atom stereocenters. The van der Waals surface area contributed by atoms with Crippen molar-refractivity contribution in [1.82, 2.24) is 29.4 Å². The normalized spacial score (nSPS) is 23.1. The van der Waals surface area contributed by atoms with Crippen LogP contribution >= 0.6 is 0 Å². The van der Waals surface area contributed by atoms with Crippen LogP contribution in [0.5, 0.6) is 0 Å². The second kappa shape index (κ2) is 6.78. The molecule has 0 bridgehead atoms. The molecule has 2 aromatic rings. The summed E-state index contributed by atoms with van der Waals surface area (Å²) in [4.78, 5) is 11.9. The van der Waals surface area contributed by atoms with Gasteiger partial charge in [0.25, 0.3) is 0 Å². The van der Waals surface area contributed by atoms with Gasteiger partial charge in [-0.05, 0) is 37.7 Å². The summed E-state index contributed by atoms with van der Waals surface area (Å²) in [5, 5.41) is 12.9. The summed E-state index contributed by atoms with van der Waals surface area (Å²) in [5.74, 6) is 1.43. The molecule has 0 aromatic carbocycles. The van der Waals surface area contributed by atoms with Gasteiger partial charge in [0, 0.05) is 45.3 Å². The third-order valence-electron chi connectivity index (χ3n) is 5.83. The summed E-state index contributed by atoms with van der Waals surface area (Å²) in [5.41, 5.74) is 2.49. The lowest BCUT2D eigenvalue weighted by Gasteiger charge is -2.32. The summed E-state index contributed by atoms with van der Waals surface area (Å²) in [7, 11) is 3.54. The molecule has 1 fully saturated rings. The van der Waals surface area contributed by atoms with Crippen LogP contribution in [0.15, 0.2) is 10.9 Å². The molecule has 0 radical (unpaired) electrons. The van der Waals surface area contributed by atoms with Crippen LogP contribution in [-0.2, 0) is 40.0 Å². The minimum atomic E-state index is -0.0390. The highest BCUT2D eigenvalue weighted by atomic mass is 16.2. The van der Waals surface area contributed by atoms with Gasteiger partial charge in [-0.1, -0.05) is 12.8 Å². The van der Waals surface area contributed by atoms with Gasteiger partial charge in [0.05, 0.1) is 5.69 Å². The molecule has 1 saturated carbocycles. The molecule has 4 rings (SSSR count). The fourth-order valence-electron chi connectivity index (χ4n) is 4.39. The second-order valence-corrected chi connectivity index (χ2v) is 7.57. The van der Waals surface area contributed by atoms with E-state index >= 15 is 0 Å². The Kier molecular flexibility index (Phi) is 4.50. The van der Waals surface area contributed by atoms with Crippen LogP contribution in [0.1, 0.15) is 49.3 Å². The van der Waals surface area contributed by atoms with Crippen LogP contribution in [-0.4, -0.2) is 30.2 Å². The zero-order valence-corrected chi connectivity index (χ0v) is 15.2. The predicted molar refractivity (Wildman–Crippen MR) is 95.3 cm³/mol. The molecule has 2 aliphatic rings. The monoisotopic (exact) mass is 344 g/mol. The Morgan fingerprint density at radius 1 is 1.20 bits per heavy atom. The molecule has 136 valence electrons. The van der Waals surface area contributed by atoms with Crippen molar-refractivity contribution in [2.75, 3.05) is 0 Å². The lowest BCUT2D eigenvalue weighted by Crippen LogP contribution is -2.39. The molecule has 25 heavy (non-hydrogen) atoms. The van der Waals surface area contributed by atoms with Crippen molar-refractivity contribution in [2.45, 2.75) is 64.1 Å². The van der Waals surface area contributed by atoms with E-state index in [9.17, 15) is 4.79 Å². The van der Waals surface area contributed by atoms with Crippen LogP contribution < -0.4 is 11.0 Å². The Morgan fingerprint density at radius 3 is 2.80 bits per heavy atom. The van der Waals surface area contributed by atoms with Gasteiger partial charge in [0.2, 0.25) is 0 Å². The molecule has 1 N–H and O–H groups in total. The van der Waals surface area contributed by atoms with Crippen molar-refractivity contribution in [1.29, 1.82) is 0 Å². The van der Waals surface area contributed by atoms with E-state index in [-0.39, 0.29) is 5.69 Å². The Balaban J connectivity index is 1.41. The number of hydrogen-bond acceptors (Lipinski definition) is 4. The van der Waals surface area contributed by atoms with Crippen molar-refractivity contribution in [2.24, 2.45) is 20.0 Å². The number of aromatic nitrogens is 5. The molecular formula is C18H28N6O. The third kappa shape index (κ3) is 3.29. The first-order valence-electron chi connectivity index (χ1n) is 9.49. The van der Waals surface area contributed by atoms with Crippen molar-refractivity contribution < 1.29 is 0 Å². The highest BCUT2D eigenvalue weighted by Gasteiger charge is 2.27. The number of fused-ring (bicyclic) bond motifs is 1. The second-order valence-electron chi connectivity index (χ2n) is 7.57. The molecule has 7 heteroatoms. The largest absolute Gasteiger partial charge is 0.345 e. The van der Waals surface area contributed by atoms with Crippen LogP contribution in [0.2, 0.25) is 0 Å². The van der Waals surface area contributed by atoms with Crippen LogP contribution in [0.4, 0.5) is 0 Å². The van der Waals surface area contributed by atoms with E-state index in [4.69, 9.17) is 5.10 Å². The fraction of sp³-hybridized carbons (Fsp3) is 0.722. The predicted octanol–water partition coefficient (Wildman–Crippen LogP) is 1.15. The van der Waals surface area contributed by atoms with Gasteiger partial charge in [-0.15, -0.1) is 0 Å². The van der Waals surface area contributed by atoms with Gasteiger partial charge in [0.1, 0.15) is 5.82 Å². The summed E-state index contributed by atoms with van der Waals surface area (Å²) in [6.45, 7) is 1.90. The SMILES string of the molecule is Cn1nc(C[C@H]2CCCC[C@H]2NCc2cc3n(n2)CCC3)n(C)c1=O. The fourth-order valence-corrected chi connectivity index (χ4v) is 4.39. The molecule has 2 atom stereocenters. The Hall–Kier alpha value is -1.89. The smallest absolute Gasteiger partial charge is 0.308 e. The first kappa shape index (κ1) is 16.6. The quantitative estimate of drug-likeness (QED) is 0.883. The Morgan fingerprint density at radius 2 is 2.04 bits per heavy atom. The van der Waals surface area contributed by atoms with Crippen molar-refractivity contribution in [3.8, 4) is 0 Å². The number of rotatable bonds is 5. The van der Waals surface area contributed by atoms with E-state index in [2.05, 4.69) is 21.2 Å². The third-order valence-corrected chi connectivity index (χ3v) is 5.83. The standard InChI is InChI=1S/C18H28N6O/c1-22-17(21-23(2)18(22)25)10-13-6-3-4-8-16(13)19-12-14-11-15-7-5-9-24(15)20-14/h11,13,16,19H,3-10,12H2,1-2H3/t13-,16-/m1/s1. The lowest BCUT2D eigenvalue weighted by atomic mass is 9.82. The van der Waals surface area contributed by atoms with E-state index in [0.717, 1.165) is 37.4 Å². The molecule has 2 aromatic heterocycles. The highest BCUT2D eigenvalue weighted by molar-refractivity contribution is 5.13. The van der Waals surface area contributed by atoms with Gasteiger partial charge in [-0.3, -0.25) is 9.25 Å². The molecule has 3 heterocycles. The number of hydrogen-bond donors (Lipinski definition) is 1. The maximum Gasteiger partial charge on any atom is 0.345 e. The minimum Gasteiger partial charge on any atom is -0.308 e. The van der Waals surface area contributed by atoms with Crippen molar-refractivity contribution >= 4 is 0 Å². The van der Waals surface area contributed by atoms with E-state index < -0.39 is 0 Å². The summed E-state index contributed by atoms with van der Waals surface area (Å²) in [6.07, 6.45) is 8.18. The maximum atomic E-state index is 11.9. The molecule has 1 aliphatic carbocycles. The minimum absolute atomic E-state index is 0.0390. The van der Waals surface area contributed by atoms with E-state index in [0.29, 0.717) is 12.0 Å². The van der Waals surface area contributed by atoms with Crippen molar-refractivity contribution in [3.05, 3.63) is 33.8 Å². The van der Waals surface area contributed by atoms with Gasteiger partial charge in [0.15, 0.2) is 0 Å². The first-order valence-corrected chi connectivity index (χ1v) is 9.49. The van der Waals surface area contributed by atoms with Gasteiger partial charge in [-0.25, -0.2) is 9.48 Å². The molecule has 0 saturated heterocycles. The number of aryl methyl sites for hydroxylation is 3. The average Bonchev–Trinajstić information content (AvgIpc) is 3.25. The van der Waals surface area contributed by atoms with E-state index in [1.165, 1.54) is 42.5 Å². The maximum absolute atomic E-state index is 11.9. The number of nitrogens with one attached hydrogen (secondary N) is 1. The van der Waals surface area contributed by atoms with Gasteiger partial charge in [-0.2, -0.15) is 10.2 Å². The van der Waals surface area contributed by atoms with E-state index in [1.807, 2.05) is 7.05 Å². The van der Waals surface area contributed by atoms with Gasteiger partial charge < -0.3 is 5.32 Å². The van der Waals surface area contributed by atoms with Crippen LogP contribution in [0.25, 0.3) is 0 Å². The molecular weight excluding hydrogens is 316 g/mol. The lowest BCUT2D eigenvalue weighted by molar-refractivity contribution is 0.254. The van der Waals surface area contributed by atoms with Crippen LogP contribution in [0, 0.1) is 5.92 Å².